The van der Waals surface area contributed by atoms with Gasteiger partial charge in [0.05, 0.1) is 25.3 Å². The van der Waals surface area contributed by atoms with E-state index in [0.29, 0.717) is 42.3 Å². The van der Waals surface area contributed by atoms with E-state index < -0.39 is 17.7 Å². The molecule has 1 aliphatic rings. The highest BCUT2D eigenvalue weighted by molar-refractivity contribution is 6.46. The number of likely N-dealkylation sites (tertiary alicyclic amines) is 1. The molecule has 184 valence electrons. The smallest absolute Gasteiger partial charge is 0.295 e. The van der Waals surface area contributed by atoms with Crippen LogP contribution in [0.3, 0.4) is 0 Å². The van der Waals surface area contributed by atoms with Crippen molar-refractivity contribution in [3.8, 4) is 11.5 Å². The number of likely N-dealkylation sites (N-methyl/N-ethyl adjacent to an activating group) is 1. The van der Waals surface area contributed by atoms with Crippen LogP contribution in [0.4, 0.5) is 0 Å². The number of Topliss-reactive ketones (excluding diaryl/α,β-unsaturated/α-hetero) is 1. The lowest BCUT2D eigenvalue weighted by Crippen LogP contribution is -2.35. The second kappa shape index (κ2) is 10.2. The molecule has 2 N–H and O–H groups in total. The van der Waals surface area contributed by atoms with Crippen LogP contribution in [0, 0.1) is 0 Å². The van der Waals surface area contributed by atoms with Crippen LogP contribution < -0.4 is 9.47 Å². The minimum absolute atomic E-state index is 0.0603. The Morgan fingerprint density at radius 3 is 2.63 bits per heavy atom. The van der Waals surface area contributed by atoms with Crippen molar-refractivity contribution < 1.29 is 24.2 Å². The first kappa shape index (κ1) is 24.3. The summed E-state index contributed by atoms with van der Waals surface area (Å²) < 4.78 is 11.3. The molecule has 0 spiro atoms. The van der Waals surface area contributed by atoms with Gasteiger partial charge in [0.15, 0.2) is 11.5 Å². The number of aromatic amines is 1. The number of hydrogen-bond donors (Lipinski definition) is 2. The maximum Gasteiger partial charge on any atom is 0.295 e. The predicted molar refractivity (Wildman–Crippen MR) is 135 cm³/mol. The summed E-state index contributed by atoms with van der Waals surface area (Å²) >= 11 is 0. The number of carbonyl (C=O) groups excluding carboxylic acids is 2. The first-order valence-corrected chi connectivity index (χ1v) is 11.7. The normalized spacial score (nSPS) is 17.5. The number of aliphatic hydroxyl groups is 1. The van der Waals surface area contributed by atoms with Crippen LogP contribution in [0.1, 0.15) is 30.5 Å². The van der Waals surface area contributed by atoms with Gasteiger partial charge in [0, 0.05) is 35.8 Å². The summed E-state index contributed by atoms with van der Waals surface area (Å²) in [6.07, 6.45) is 2.48. The van der Waals surface area contributed by atoms with Crippen molar-refractivity contribution in [3.63, 3.8) is 0 Å². The van der Waals surface area contributed by atoms with E-state index in [4.69, 9.17) is 9.47 Å². The molecule has 4 rings (SSSR count). The van der Waals surface area contributed by atoms with Crippen molar-refractivity contribution in [2.24, 2.45) is 0 Å². The molecule has 1 unspecified atom stereocenters. The largest absolute Gasteiger partial charge is 0.507 e. The summed E-state index contributed by atoms with van der Waals surface area (Å²) in [5.41, 5.74) is 2.03. The van der Waals surface area contributed by atoms with Gasteiger partial charge in [-0.1, -0.05) is 31.2 Å². The average Bonchev–Trinajstić information content (AvgIpc) is 3.40. The minimum Gasteiger partial charge on any atom is -0.507 e. The molecule has 1 fully saturated rings. The quantitative estimate of drug-likeness (QED) is 0.275. The number of para-hydroxylation sites is 1. The van der Waals surface area contributed by atoms with E-state index in [9.17, 15) is 14.7 Å². The van der Waals surface area contributed by atoms with Gasteiger partial charge in [-0.05, 0) is 44.3 Å². The first-order chi connectivity index (χ1) is 16.9. The molecular weight excluding hydrogens is 446 g/mol. The highest BCUT2D eigenvalue weighted by Crippen LogP contribution is 2.42. The number of fused-ring (bicyclic) bond motifs is 1. The summed E-state index contributed by atoms with van der Waals surface area (Å²) in [4.78, 5) is 33.1. The number of nitrogens with zero attached hydrogens (tertiary/aromatic N) is 2. The zero-order valence-electron chi connectivity index (χ0n) is 20.5. The fourth-order valence-electron chi connectivity index (χ4n) is 4.37. The maximum atomic E-state index is 13.3. The number of carbonyl (C=O) groups is 2. The molecule has 2 aromatic carbocycles. The molecule has 0 aliphatic carbocycles. The summed E-state index contributed by atoms with van der Waals surface area (Å²) in [6, 6.07) is 12.1. The van der Waals surface area contributed by atoms with Gasteiger partial charge in [-0.2, -0.15) is 0 Å². The number of amides is 1. The van der Waals surface area contributed by atoms with Gasteiger partial charge in [0.2, 0.25) is 0 Å². The molecule has 1 saturated heterocycles. The molecule has 8 nitrogen and oxygen atoms in total. The summed E-state index contributed by atoms with van der Waals surface area (Å²) in [6.45, 7) is 3.39. The molecule has 35 heavy (non-hydrogen) atoms. The fraction of sp³-hybridized carbons (Fsp3) is 0.333. The van der Waals surface area contributed by atoms with Crippen LogP contribution in [0.5, 0.6) is 11.5 Å². The van der Waals surface area contributed by atoms with E-state index >= 15 is 0 Å². The van der Waals surface area contributed by atoms with Gasteiger partial charge < -0.3 is 29.4 Å². The Labute approximate surface area is 204 Å². The predicted octanol–water partition coefficient (Wildman–Crippen LogP) is 3.95. The molecule has 0 bridgehead atoms. The lowest BCUT2D eigenvalue weighted by Gasteiger charge is -2.27. The lowest BCUT2D eigenvalue weighted by molar-refractivity contribution is -0.140. The van der Waals surface area contributed by atoms with Gasteiger partial charge in [-0.25, -0.2) is 0 Å². The third kappa shape index (κ3) is 4.61. The molecule has 1 aliphatic heterocycles. The Bertz CT molecular complexity index is 1280. The van der Waals surface area contributed by atoms with E-state index in [1.54, 1.807) is 31.5 Å². The molecule has 1 amide bonds. The van der Waals surface area contributed by atoms with Crippen molar-refractivity contribution in [2.45, 2.75) is 19.4 Å². The third-order valence-corrected chi connectivity index (χ3v) is 6.14. The van der Waals surface area contributed by atoms with E-state index in [1.807, 2.05) is 50.2 Å². The molecule has 1 aromatic heterocycles. The van der Waals surface area contributed by atoms with Gasteiger partial charge in [-0.3, -0.25) is 9.59 Å². The summed E-state index contributed by atoms with van der Waals surface area (Å²) in [7, 11) is 5.37. The first-order valence-electron chi connectivity index (χ1n) is 11.7. The molecule has 1 atom stereocenters. The summed E-state index contributed by atoms with van der Waals surface area (Å²) in [5.74, 6) is -0.459. The van der Waals surface area contributed by atoms with Crippen molar-refractivity contribution in [2.75, 3.05) is 40.9 Å². The number of aromatic nitrogens is 1. The van der Waals surface area contributed by atoms with Crippen LogP contribution in [0.2, 0.25) is 0 Å². The van der Waals surface area contributed by atoms with Gasteiger partial charge in [-0.15, -0.1) is 0 Å². The second-order valence-corrected chi connectivity index (χ2v) is 8.80. The minimum atomic E-state index is -0.765. The Balaban J connectivity index is 1.88. The number of benzene rings is 2. The number of rotatable bonds is 9. The van der Waals surface area contributed by atoms with Crippen LogP contribution in [0.25, 0.3) is 16.7 Å². The molecule has 2 heterocycles. The Morgan fingerprint density at radius 1 is 1.14 bits per heavy atom. The van der Waals surface area contributed by atoms with Crippen LogP contribution in [0.15, 0.2) is 54.2 Å². The van der Waals surface area contributed by atoms with Crippen molar-refractivity contribution in [3.05, 3.63) is 65.4 Å². The zero-order chi connectivity index (χ0) is 25.1. The van der Waals surface area contributed by atoms with Gasteiger partial charge in [0.25, 0.3) is 11.7 Å². The highest BCUT2D eigenvalue weighted by atomic mass is 16.5. The SMILES string of the molecule is CCCOc1cc(C2/C(=C(/O)c3c[nH]c4ccccc34)C(=O)C(=O)N2CCN(C)C)ccc1OC. The number of nitrogens with one attached hydrogen (secondary N) is 1. The number of methoxy groups -OCH3 is 1. The standard InChI is InChI=1S/C27H31N3O5/c1-5-14-35-22-15-17(10-11-21(22)34-4)24-23(26(32)27(33)30(24)13-12-29(2)3)25(31)19-16-28-20-9-7-6-8-18(19)20/h6-11,15-16,24,28,31H,5,12-14H2,1-4H3/b25-23-. The van der Waals surface area contributed by atoms with Crippen molar-refractivity contribution in [1.29, 1.82) is 0 Å². The average molecular weight is 478 g/mol. The highest BCUT2D eigenvalue weighted by Gasteiger charge is 2.46. The van der Waals surface area contributed by atoms with Crippen LogP contribution >= 0.6 is 0 Å². The number of ether oxygens (including phenoxy) is 2. The molecule has 0 radical (unpaired) electrons. The third-order valence-electron chi connectivity index (χ3n) is 6.14. The Morgan fingerprint density at radius 2 is 1.91 bits per heavy atom. The number of ketones is 1. The van der Waals surface area contributed by atoms with E-state index in [2.05, 4.69) is 4.98 Å². The lowest BCUT2D eigenvalue weighted by atomic mass is 9.94. The maximum absolute atomic E-state index is 13.3. The van der Waals surface area contributed by atoms with Gasteiger partial charge in [0.1, 0.15) is 5.76 Å². The molecule has 3 aromatic rings. The number of H-pyrrole nitrogens is 1. The fourth-order valence-corrected chi connectivity index (χ4v) is 4.37. The van der Waals surface area contributed by atoms with Crippen molar-refractivity contribution in [1.82, 2.24) is 14.8 Å². The number of aliphatic hydroxyl groups excluding tert-OH is 1. The number of hydrogen-bond acceptors (Lipinski definition) is 6. The zero-order valence-corrected chi connectivity index (χ0v) is 20.5. The topological polar surface area (TPSA) is 95.1 Å². The molecule has 8 heteroatoms. The summed E-state index contributed by atoms with van der Waals surface area (Å²) in [5, 5.41) is 12.2. The second-order valence-electron chi connectivity index (χ2n) is 8.80. The van der Waals surface area contributed by atoms with E-state index in [-0.39, 0.29) is 11.3 Å². The van der Waals surface area contributed by atoms with E-state index in [1.165, 1.54) is 4.90 Å². The van der Waals surface area contributed by atoms with Crippen molar-refractivity contribution >= 4 is 28.4 Å². The molecule has 0 saturated carbocycles. The Kier molecular flexibility index (Phi) is 7.12. The monoisotopic (exact) mass is 477 g/mol. The molecular formula is C27H31N3O5. The van der Waals surface area contributed by atoms with Crippen LogP contribution in [-0.4, -0.2) is 72.5 Å². The van der Waals surface area contributed by atoms with Crippen LogP contribution in [-0.2, 0) is 9.59 Å². The van der Waals surface area contributed by atoms with Gasteiger partial charge >= 0.3 is 0 Å². The Hall–Kier alpha value is -3.78. The van der Waals surface area contributed by atoms with E-state index in [0.717, 1.165) is 17.3 Å².